The number of allylic oxidation sites excluding steroid dienone is 1. The standard InChI is InChI=1S/C26H33NO4S/c1-3-4-14-30-25(28)22-17(2)27-20-15-31-26(29)24(20)23(22)19-12-8-9-13-21(19)32-16-18-10-6-5-7-11-18/h8-9,12-13,18,23,27H,3-7,10-11,14-16H2,1-2H3. The van der Waals surface area contributed by atoms with Crippen LogP contribution in [0.25, 0.3) is 0 Å². The van der Waals surface area contributed by atoms with E-state index in [9.17, 15) is 9.59 Å². The maximum atomic E-state index is 13.2. The number of rotatable bonds is 8. The minimum atomic E-state index is -0.467. The van der Waals surface area contributed by atoms with Crippen LogP contribution in [-0.2, 0) is 19.1 Å². The molecule has 0 saturated heterocycles. The van der Waals surface area contributed by atoms with Crippen molar-refractivity contribution in [2.24, 2.45) is 5.92 Å². The van der Waals surface area contributed by atoms with Gasteiger partial charge in [-0.15, -0.1) is 11.8 Å². The van der Waals surface area contributed by atoms with E-state index in [0.717, 1.165) is 46.4 Å². The fourth-order valence-corrected chi connectivity index (χ4v) is 6.12. The third-order valence-electron chi connectivity index (χ3n) is 6.59. The van der Waals surface area contributed by atoms with Crippen molar-refractivity contribution in [3.05, 3.63) is 52.4 Å². The molecule has 1 fully saturated rings. The van der Waals surface area contributed by atoms with Gasteiger partial charge in [0.05, 0.1) is 29.4 Å². The molecule has 0 aromatic heterocycles. The molecule has 1 atom stereocenters. The van der Waals surface area contributed by atoms with E-state index in [-0.39, 0.29) is 18.5 Å². The predicted octanol–water partition coefficient (Wildman–Crippen LogP) is 5.47. The summed E-state index contributed by atoms with van der Waals surface area (Å²) in [7, 11) is 0. The van der Waals surface area contributed by atoms with Gasteiger partial charge in [0, 0.05) is 16.3 Å². The maximum absolute atomic E-state index is 13.2. The van der Waals surface area contributed by atoms with Crippen LogP contribution in [0, 0.1) is 5.92 Å². The first kappa shape index (κ1) is 23.0. The number of carbonyl (C=O) groups is 2. The number of hydrogen-bond donors (Lipinski definition) is 1. The van der Waals surface area contributed by atoms with Crippen LogP contribution in [0.4, 0.5) is 0 Å². The molecule has 6 heteroatoms. The normalized spacial score (nSPS) is 21.3. The van der Waals surface area contributed by atoms with Gasteiger partial charge < -0.3 is 14.8 Å². The molecule has 3 aliphatic rings. The van der Waals surface area contributed by atoms with Crippen molar-refractivity contribution in [1.29, 1.82) is 0 Å². The Kier molecular flexibility index (Phi) is 7.61. The maximum Gasteiger partial charge on any atom is 0.337 e. The highest BCUT2D eigenvalue weighted by Crippen LogP contribution is 2.45. The molecule has 5 nitrogen and oxygen atoms in total. The zero-order chi connectivity index (χ0) is 22.5. The average Bonchev–Trinajstić information content (AvgIpc) is 3.17. The minimum Gasteiger partial charge on any atom is -0.462 e. The second-order valence-electron chi connectivity index (χ2n) is 8.91. The highest BCUT2D eigenvalue weighted by molar-refractivity contribution is 7.99. The Bertz CT molecular complexity index is 930. The zero-order valence-electron chi connectivity index (χ0n) is 19.1. The van der Waals surface area contributed by atoms with Crippen molar-refractivity contribution in [2.75, 3.05) is 19.0 Å². The summed E-state index contributed by atoms with van der Waals surface area (Å²) < 4.78 is 11.0. The molecule has 0 amide bonds. The lowest BCUT2D eigenvalue weighted by Gasteiger charge is -2.29. The Morgan fingerprint density at radius 1 is 1.22 bits per heavy atom. The highest BCUT2D eigenvalue weighted by Gasteiger charge is 2.42. The number of hydrogen-bond acceptors (Lipinski definition) is 6. The topological polar surface area (TPSA) is 64.6 Å². The molecule has 0 spiro atoms. The van der Waals surface area contributed by atoms with Gasteiger partial charge in [-0.25, -0.2) is 9.59 Å². The van der Waals surface area contributed by atoms with Gasteiger partial charge in [-0.2, -0.15) is 0 Å². The van der Waals surface area contributed by atoms with Crippen LogP contribution in [0.2, 0.25) is 0 Å². The number of unbranched alkanes of at least 4 members (excludes halogenated alkanes) is 1. The van der Waals surface area contributed by atoms with E-state index in [2.05, 4.69) is 18.3 Å². The van der Waals surface area contributed by atoms with Gasteiger partial charge in [0.15, 0.2) is 0 Å². The first-order valence-corrected chi connectivity index (χ1v) is 12.9. The number of benzene rings is 1. The molecule has 1 unspecified atom stereocenters. The van der Waals surface area contributed by atoms with Crippen molar-refractivity contribution in [2.45, 2.75) is 69.6 Å². The first-order valence-electron chi connectivity index (χ1n) is 11.9. The van der Waals surface area contributed by atoms with E-state index >= 15 is 0 Å². The van der Waals surface area contributed by atoms with E-state index in [1.807, 2.05) is 36.9 Å². The molecule has 1 aromatic carbocycles. The Labute approximate surface area is 195 Å². The smallest absolute Gasteiger partial charge is 0.337 e. The predicted molar refractivity (Wildman–Crippen MR) is 126 cm³/mol. The van der Waals surface area contributed by atoms with Crippen LogP contribution in [0.1, 0.15) is 70.3 Å². The lowest BCUT2D eigenvalue weighted by molar-refractivity contribution is -0.139. The van der Waals surface area contributed by atoms with Gasteiger partial charge in [0.2, 0.25) is 0 Å². The fraction of sp³-hybridized carbons (Fsp3) is 0.538. The lowest BCUT2D eigenvalue weighted by Crippen LogP contribution is -2.30. The summed E-state index contributed by atoms with van der Waals surface area (Å²) in [6, 6.07) is 8.17. The molecule has 172 valence electrons. The van der Waals surface area contributed by atoms with Crippen molar-refractivity contribution in [1.82, 2.24) is 5.32 Å². The summed E-state index contributed by atoms with van der Waals surface area (Å²) in [6.45, 7) is 4.55. The largest absolute Gasteiger partial charge is 0.462 e. The third-order valence-corrected chi connectivity index (χ3v) is 7.91. The van der Waals surface area contributed by atoms with Gasteiger partial charge in [-0.3, -0.25) is 0 Å². The second kappa shape index (κ2) is 10.6. The molecular formula is C26H33NO4S. The van der Waals surface area contributed by atoms with Crippen LogP contribution in [-0.4, -0.2) is 30.9 Å². The van der Waals surface area contributed by atoms with E-state index in [0.29, 0.717) is 17.8 Å². The van der Waals surface area contributed by atoms with Crippen LogP contribution < -0.4 is 5.32 Å². The molecule has 32 heavy (non-hydrogen) atoms. The zero-order valence-corrected chi connectivity index (χ0v) is 19.9. The van der Waals surface area contributed by atoms with Crippen LogP contribution in [0.5, 0.6) is 0 Å². The van der Waals surface area contributed by atoms with Crippen LogP contribution >= 0.6 is 11.8 Å². The average molecular weight is 456 g/mol. The fourth-order valence-electron chi connectivity index (χ4n) is 4.85. The van der Waals surface area contributed by atoms with E-state index < -0.39 is 5.92 Å². The summed E-state index contributed by atoms with van der Waals surface area (Å²) in [6.07, 6.45) is 8.34. The van der Waals surface area contributed by atoms with Crippen molar-refractivity contribution in [3.8, 4) is 0 Å². The van der Waals surface area contributed by atoms with E-state index in [1.165, 1.54) is 32.1 Å². The van der Waals surface area contributed by atoms with Gasteiger partial charge in [0.1, 0.15) is 6.61 Å². The molecule has 0 radical (unpaired) electrons. The molecule has 1 aromatic rings. The van der Waals surface area contributed by atoms with Gasteiger partial charge in [-0.1, -0.05) is 50.8 Å². The number of carbonyl (C=O) groups excluding carboxylic acids is 2. The van der Waals surface area contributed by atoms with Crippen LogP contribution in [0.3, 0.4) is 0 Å². The van der Waals surface area contributed by atoms with E-state index in [1.54, 1.807) is 0 Å². The molecule has 1 N–H and O–H groups in total. The van der Waals surface area contributed by atoms with Crippen LogP contribution in [0.15, 0.2) is 51.7 Å². The van der Waals surface area contributed by atoms with Crippen molar-refractivity contribution >= 4 is 23.7 Å². The Balaban J connectivity index is 1.66. The summed E-state index contributed by atoms with van der Waals surface area (Å²) in [5.74, 6) is 0.627. The van der Waals surface area contributed by atoms with Crippen molar-refractivity contribution < 1.29 is 19.1 Å². The summed E-state index contributed by atoms with van der Waals surface area (Å²) in [4.78, 5) is 27.0. The molecule has 4 rings (SSSR count). The van der Waals surface area contributed by atoms with Gasteiger partial charge in [0.25, 0.3) is 0 Å². The molecule has 1 aliphatic carbocycles. The van der Waals surface area contributed by atoms with Crippen molar-refractivity contribution in [3.63, 3.8) is 0 Å². The monoisotopic (exact) mass is 455 g/mol. The quantitative estimate of drug-likeness (QED) is 0.318. The summed E-state index contributed by atoms with van der Waals surface area (Å²) in [5, 5.41) is 3.24. The van der Waals surface area contributed by atoms with Gasteiger partial charge in [-0.05, 0) is 43.7 Å². The number of nitrogens with one attached hydrogen (secondary N) is 1. The van der Waals surface area contributed by atoms with Gasteiger partial charge >= 0.3 is 11.9 Å². The Hall–Kier alpha value is -2.21. The Morgan fingerprint density at radius 3 is 2.78 bits per heavy atom. The second-order valence-corrected chi connectivity index (χ2v) is 9.97. The Morgan fingerprint density at radius 2 is 2.00 bits per heavy atom. The molecule has 0 bridgehead atoms. The number of esters is 2. The number of thioether (sulfide) groups is 1. The molecule has 2 aliphatic heterocycles. The third kappa shape index (κ3) is 4.90. The molecule has 2 heterocycles. The SMILES string of the molecule is CCCCOC(=O)C1=C(C)NC2=C(C(=O)OC2)C1c1ccccc1SCC1CCCCC1. The number of ether oxygens (including phenoxy) is 2. The summed E-state index contributed by atoms with van der Waals surface area (Å²) in [5.41, 5.74) is 3.55. The molecular weight excluding hydrogens is 422 g/mol. The summed E-state index contributed by atoms with van der Waals surface area (Å²) >= 11 is 1.85. The molecule has 1 saturated carbocycles. The highest BCUT2D eigenvalue weighted by atomic mass is 32.2. The minimum absolute atomic E-state index is 0.220. The number of cyclic esters (lactones) is 1. The lowest BCUT2D eigenvalue weighted by atomic mass is 9.81. The first-order chi connectivity index (χ1) is 15.6. The van der Waals surface area contributed by atoms with E-state index in [4.69, 9.17) is 9.47 Å². The number of dihydropyridines is 1.